The van der Waals surface area contributed by atoms with E-state index in [9.17, 15) is 0 Å². The number of nitrogens with zero attached hydrogens (tertiary/aromatic N) is 1. The van der Waals surface area contributed by atoms with E-state index in [1.807, 2.05) is 6.07 Å². The van der Waals surface area contributed by atoms with Crippen molar-refractivity contribution in [1.29, 1.82) is 0 Å². The fourth-order valence-electron chi connectivity index (χ4n) is 1.84. The maximum atomic E-state index is 5.78. The molecule has 2 rings (SSSR count). The zero-order valence-corrected chi connectivity index (χ0v) is 12.8. The highest BCUT2D eigenvalue weighted by molar-refractivity contribution is 6.17. The summed E-state index contributed by atoms with van der Waals surface area (Å²) in [4.78, 5) is 4.07. The summed E-state index contributed by atoms with van der Waals surface area (Å²) in [6.45, 7) is 0. The molecule has 0 aliphatic heterocycles. The fraction of sp³-hybridized carbons (Fsp3) is 0.267. The van der Waals surface area contributed by atoms with Gasteiger partial charge in [0.2, 0.25) is 5.75 Å². The van der Waals surface area contributed by atoms with Crippen molar-refractivity contribution in [3.63, 3.8) is 0 Å². The summed E-state index contributed by atoms with van der Waals surface area (Å²) in [6, 6.07) is 5.26. The summed E-state index contributed by atoms with van der Waals surface area (Å²) < 4.78 is 21.6. The van der Waals surface area contributed by atoms with Crippen LogP contribution >= 0.6 is 11.6 Å². The second-order valence-corrected chi connectivity index (χ2v) is 4.39. The highest BCUT2D eigenvalue weighted by atomic mass is 35.5. The number of methoxy groups -OCH3 is 3. The molecule has 0 aliphatic rings. The standard InChI is InChI=1S/C15H16ClNO4/c1-18-13-5-11(6-14(19-2)15(13)20-3)21-12-4-10(7-16)8-17-9-12/h4-6,8-9H,7H2,1-3H3. The van der Waals surface area contributed by atoms with Gasteiger partial charge in [-0.05, 0) is 11.6 Å². The Morgan fingerprint density at radius 3 is 2.10 bits per heavy atom. The van der Waals surface area contributed by atoms with Crippen molar-refractivity contribution in [2.75, 3.05) is 21.3 Å². The smallest absolute Gasteiger partial charge is 0.203 e. The van der Waals surface area contributed by atoms with E-state index in [-0.39, 0.29) is 0 Å². The first-order valence-electron chi connectivity index (χ1n) is 6.19. The number of hydrogen-bond acceptors (Lipinski definition) is 5. The number of rotatable bonds is 6. The van der Waals surface area contributed by atoms with Crippen molar-refractivity contribution in [2.24, 2.45) is 0 Å². The summed E-state index contributed by atoms with van der Waals surface area (Å²) in [7, 11) is 4.66. The van der Waals surface area contributed by atoms with Crippen molar-refractivity contribution in [3.05, 3.63) is 36.2 Å². The van der Waals surface area contributed by atoms with Gasteiger partial charge in [0.1, 0.15) is 11.5 Å². The largest absolute Gasteiger partial charge is 0.493 e. The first-order valence-corrected chi connectivity index (χ1v) is 6.73. The normalized spacial score (nSPS) is 10.1. The predicted octanol–water partition coefficient (Wildman–Crippen LogP) is 3.64. The minimum atomic E-state index is 0.374. The quantitative estimate of drug-likeness (QED) is 0.762. The summed E-state index contributed by atoms with van der Waals surface area (Å²) in [5.41, 5.74) is 0.876. The maximum absolute atomic E-state index is 5.78. The molecule has 0 amide bonds. The van der Waals surface area contributed by atoms with E-state index in [1.165, 1.54) is 0 Å². The monoisotopic (exact) mass is 309 g/mol. The molecule has 0 N–H and O–H groups in total. The van der Waals surface area contributed by atoms with Gasteiger partial charge in [0.25, 0.3) is 0 Å². The second-order valence-electron chi connectivity index (χ2n) is 4.13. The van der Waals surface area contributed by atoms with Crippen LogP contribution in [0.15, 0.2) is 30.6 Å². The van der Waals surface area contributed by atoms with Gasteiger partial charge in [-0.25, -0.2) is 0 Å². The second kappa shape index (κ2) is 7.04. The van der Waals surface area contributed by atoms with Crippen LogP contribution in [0.25, 0.3) is 0 Å². The van der Waals surface area contributed by atoms with E-state index in [1.54, 1.807) is 45.9 Å². The number of hydrogen-bond donors (Lipinski definition) is 0. The molecule has 1 heterocycles. The third-order valence-corrected chi connectivity index (χ3v) is 3.11. The lowest BCUT2D eigenvalue weighted by atomic mass is 10.2. The first kappa shape index (κ1) is 15.3. The molecular weight excluding hydrogens is 294 g/mol. The molecular formula is C15H16ClNO4. The van der Waals surface area contributed by atoms with E-state index >= 15 is 0 Å². The zero-order chi connectivity index (χ0) is 15.2. The van der Waals surface area contributed by atoms with Gasteiger partial charge in [0.15, 0.2) is 11.5 Å². The van der Waals surface area contributed by atoms with Gasteiger partial charge in [-0.1, -0.05) is 0 Å². The number of benzene rings is 1. The Morgan fingerprint density at radius 2 is 1.57 bits per heavy atom. The number of aromatic nitrogens is 1. The summed E-state index contributed by atoms with van der Waals surface area (Å²) in [5, 5.41) is 0. The van der Waals surface area contributed by atoms with E-state index in [2.05, 4.69) is 4.98 Å². The first-order chi connectivity index (χ1) is 10.2. The topological polar surface area (TPSA) is 49.8 Å². The van der Waals surface area contributed by atoms with Crippen LogP contribution in [-0.4, -0.2) is 26.3 Å². The van der Waals surface area contributed by atoms with Crippen LogP contribution in [0.3, 0.4) is 0 Å². The molecule has 0 spiro atoms. The van der Waals surface area contributed by atoms with Crippen LogP contribution < -0.4 is 18.9 Å². The number of ether oxygens (including phenoxy) is 4. The highest BCUT2D eigenvalue weighted by Crippen LogP contribution is 2.41. The molecule has 5 nitrogen and oxygen atoms in total. The molecule has 0 saturated carbocycles. The molecule has 0 saturated heterocycles. The van der Waals surface area contributed by atoms with Crippen LogP contribution in [0.5, 0.6) is 28.7 Å². The molecule has 0 bridgehead atoms. The Labute approximate surface area is 128 Å². The van der Waals surface area contributed by atoms with Gasteiger partial charge in [-0.3, -0.25) is 4.98 Å². The van der Waals surface area contributed by atoms with E-state index in [0.29, 0.717) is 34.6 Å². The lowest BCUT2D eigenvalue weighted by Crippen LogP contribution is -1.96. The summed E-state index contributed by atoms with van der Waals surface area (Å²) in [6.07, 6.45) is 3.30. The Morgan fingerprint density at radius 1 is 0.905 bits per heavy atom. The molecule has 6 heteroatoms. The van der Waals surface area contributed by atoms with Crippen molar-refractivity contribution >= 4 is 11.6 Å². The van der Waals surface area contributed by atoms with Crippen LogP contribution in [0.4, 0.5) is 0 Å². The Hall–Kier alpha value is -2.14. The molecule has 112 valence electrons. The molecule has 2 aromatic rings. The van der Waals surface area contributed by atoms with Crippen molar-refractivity contribution < 1.29 is 18.9 Å². The van der Waals surface area contributed by atoms with Crippen LogP contribution in [-0.2, 0) is 5.88 Å². The van der Waals surface area contributed by atoms with Gasteiger partial charge in [-0.2, -0.15) is 0 Å². The molecule has 0 fully saturated rings. The zero-order valence-electron chi connectivity index (χ0n) is 12.1. The SMILES string of the molecule is COc1cc(Oc2cncc(CCl)c2)cc(OC)c1OC. The van der Waals surface area contributed by atoms with Gasteiger partial charge in [0, 0.05) is 24.2 Å². The Bertz CT molecular complexity index is 593. The molecule has 1 aromatic heterocycles. The third kappa shape index (κ3) is 3.49. The van der Waals surface area contributed by atoms with Crippen molar-refractivity contribution in [3.8, 4) is 28.7 Å². The van der Waals surface area contributed by atoms with Gasteiger partial charge >= 0.3 is 0 Å². The summed E-state index contributed by atoms with van der Waals surface area (Å²) in [5.74, 6) is 3.07. The molecule has 0 radical (unpaired) electrons. The van der Waals surface area contributed by atoms with Crippen LogP contribution in [0.2, 0.25) is 0 Å². The van der Waals surface area contributed by atoms with E-state index < -0.39 is 0 Å². The lowest BCUT2D eigenvalue weighted by molar-refractivity contribution is 0.321. The van der Waals surface area contributed by atoms with E-state index in [0.717, 1.165) is 5.56 Å². The molecule has 0 atom stereocenters. The maximum Gasteiger partial charge on any atom is 0.203 e. The number of halogens is 1. The molecule has 0 unspecified atom stereocenters. The van der Waals surface area contributed by atoms with Gasteiger partial charge in [0.05, 0.1) is 27.5 Å². The Balaban J connectivity index is 2.35. The highest BCUT2D eigenvalue weighted by Gasteiger charge is 2.14. The molecule has 21 heavy (non-hydrogen) atoms. The minimum Gasteiger partial charge on any atom is -0.493 e. The van der Waals surface area contributed by atoms with E-state index in [4.69, 9.17) is 30.5 Å². The number of pyridine rings is 1. The van der Waals surface area contributed by atoms with Crippen LogP contribution in [0, 0.1) is 0 Å². The van der Waals surface area contributed by atoms with Crippen LogP contribution in [0.1, 0.15) is 5.56 Å². The van der Waals surface area contributed by atoms with Crippen molar-refractivity contribution in [2.45, 2.75) is 5.88 Å². The average Bonchev–Trinajstić information content (AvgIpc) is 2.53. The molecule has 1 aromatic carbocycles. The van der Waals surface area contributed by atoms with Gasteiger partial charge < -0.3 is 18.9 Å². The summed E-state index contributed by atoms with van der Waals surface area (Å²) >= 11 is 5.78. The minimum absolute atomic E-state index is 0.374. The fourth-order valence-corrected chi connectivity index (χ4v) is 1.99. The molecule has 0 aliphatic carbocycles. The number of alkyl halides is 1. The predicted molar refractivity (Wildman–Crippen MR) is 80.0 cm³/mol. The van der Waals surface area contributed by atoms with Gasteiger partial charge in [-0.15, -0.1) is 11.6 Å². The third-order valence-electron chi connectivity index (χ3n) is 2.80. The van der Waals surface area contributed by atoms with Crippen molar-refractivity contribution in [1.82, 2.24) is 4.98 Å². The average molecular weight is 310 g/mol. The lowest BCUT2D eigenvalue weighted by Gasteiger charge is -2.14. The Kier molecular flexibility index (Phi) is 5.11.